The highest BCUT2D eigenvalue weighted by Crippen LogP contribution is 2.23. The van der Waals surface area contributed by atoms with Gasteiger partial charge in [0.25, 0.3) is 5.91 Å². The average Bonchev–Trinajstić information content (AvgIpc) is 2.70. The first-order valence-electron chi connectivity index (χ1n) is 8.79. The van der Waals surface area contributed by atoms with Crippen LogP contribution >= 0.6 is 27.5 Å². The molecule has 1 atom stereocenters. The highest BCUT2D eigenvalue weighted by molar-refractivity contribution is 9.10. The van der Waals surface area contributed by atoms with Crippen molar-refractivity contribution in [3.05, 3.63) is 99.2 Å². The van der Waals surface area contributed by atoms with Gasteiger partial charge in [-0.2, -0.15) is 0 Å². The van der Waals surface area contributed by atoms with E-state index in [9.17, 15) is 14.0 Å². The van der Waals surface area contributed by atoms with Gasteiger partial charge in [-0.3, -0.25) is 9.59 Å². The molecule has 0 aromatic heterocycles. The Kier molecular flexibility index (Phi) is 7.01. The minimum Gasteiger partial charge on any atom is -0.345 e. The molecule has 3 aromatic rings. The van der Waals surface area contributed by atoms with Gasteiger partial charge in [0.1, 0.15) is 5.82 Å². The van der Waals surface area contributed by atoms with Crippen LogP contribution in [0, 0.1) is 5.82 Å². The predicted octanol–water partition coefficient (Wildman–Crippen LogP) is 5.74. The molecule has 3 rings (SSSR count). The Morgan fingerprint density at radius 3 is 2.38 bits per heavy atom. The summed E-state index contributed by atoms with van der Waals surface area (Å²) in [7, 11) is 0. The van der Waals surface area contributed by atoms with Crippen LogP contribution in [0.15, 0.2) is 77.3 Å². The number of hydrogen-bond acceptors (Lipinski definition) is 2. The zero-order valence-corrected chi connectivity index (χ0v) is 17.5. The molecule has 0 heterocycles. The van der Waals surface area contributed by atoms with E-state index in [0.29, 0.717) is 15.1 Å². The van der Waals surface area contributed by atoms with Gasteiger partial charge in [-0.05, 0) is 35.9 Å². The molecule has 7 heteroatoms. The van der Waals surface area contributed by atoms with Crippen LogP contribution in [0.1, 0.15) is 28.4 Å². The van der Waals surface area contributed by atoms with Crippen LogP contribution in [0.25, 0.3) is 0 Å². The lowest BCUT2D eigenvalue weighted by molar-refractivity contribution is -0.116. The number of carbonyl (C=O) groups excluding carboxylic acids is 2. The second-order valence-electron chi connectivity index (χ2n) is 6.29. The monoisotopic (exact) mass is 474 g/mol. The highest BCUT2D eigenvalue weighted by atomic mass is 79.9. The summed E-state index contributed by atoms with van der Waals surface area (Å²) in [6.07, 6.45) is -0.0737. The summed E-state index contributed by atoms with van der Waals surface area (Å²) in [5.41, 5.74) is 1.14. The molecule has 0 saturated carbocycles. The Hall–Kier alpha value is -2.70. The lowest BCUT2D eigenvalue weighted by atomic mass is 10.0. The summed E-state index contributed by atoms with van der Waals surface area (Å²) < 4.78 is 14.6. The van der Waals surface area contributed by atoms with Crippen LogP contribution < -0.4 is 10.6 Å². The fourth-order valence-corrected chi connectivity index (χ4v) is 3.35. The van der Waals surface area contributed by atoms with E-state index in [4.69, 9.17) is 11.6 Å². The van der Waals surface area contributed by atoms with Gasteiger partial charge in [0.15, 0.2) is 0 Å². The number of benzene rings is 3. The zero-order valence-electron chi connectivity index (χ0n) is 15.2. The minimum atomic E-state index is -0.613. The van der Waals surface area contributed by atoms with Crippen molar-refractivity contribution in [2.24, 2.45) is 0 Å². The van der Waals surface area contributed by atoms with Crippen molar-refractivity contribution in [1.29, 1.82) is 0 Å². The normalized spacial score (nSPS) is 11.6. The molecule has 0 aliphatic rings. The van der Waals surface area contributed by atoms with Crippen molar-refractivity contribution in [2.45, 2.75) is 12.5 Å². The van der Waals surface area contributed by atoms with Crippen molar-refractivity contribution < 1.29 is 14.0 Å². The molecule has 0 aliphatic heterocycles. The largest absolute Gasteiger partial charge is 0.345 e. The maximum Gasteiger partial charge on any atom is 0.253 e. The van der Waals surface area contributed by atoms with E-state index in [2.05, 4.69) is 26.6 Å². The SMILES string of the molecule is O=C(CC(NC(=O)c1ccccc1Cl)c1ccccc1)Nc1ccc(Br)cc1F. The van der Waals surface area contributed by atoms with E-state index in [1.54, 1.807) is 30.3 Å². The number of anilines is 1. The second-order valence-corrected chi connectivity index (χ2v) is 7.62. The molecule has 148 valence electrons. The smallest absolute Gasteiger partial charge is 0.253 e. The van der Waals surface area contributed by atoms with Gasteiger partial charge in [-0.15, -0.1) is 0 Å². The predicted molar refractivity (Wildman–Crippen MR) is 115 cm³/mol. The standard InChI is InChI=1S/C22H17BrClFN2O2/c23-15-10-11-19(18(25)12-15)26-21(28)13-20(14-6-2-1-3-7-14)27-22(29)16-8-4-5-9-17(16)24/h1-12,20H,13H2,(H,26,28)(H,27,29). The summed E-state index contributed by atoms with van der Waals surface area (Å²) in [6.45, 7) is 0. The van der Waals surface area contributed by atoms with Crippen LogP contribution in [0.3, 0.4) is 0 Å². The van der Waals surface area contributed by atoms with Gasteiger partial charge >= 0.3 is 0 Å². The molecule has 0 fully saturated rings. The molecule has 2 amide bonds. The lowest BCUT2D eigenvalue weighted by Crippen LogP contribution is -2.31. The lowest BCUT2D eigenvalue weighted by Gasteiger charge is -2.19. The van der Waals surface area contributed by atoms with E-state index >= 15 is 0 Å². The number of hydrogen-bond donors (Lipinski definition) is 2. The van der Waals surface area contributed by atoms with E-state index < -0.39 is 23.7 Å². The van der Waals surface area contributed by atoms with Gasteiger partial charge in [0.05, 0.1) is 28.7 Å². The Morgan fingerprint density at radius 2 is 1.69 bits per heavy atom. The third-order valence-electron chi connectivity index (χ3n) is 4.22. The van der Waals surface area contributed by atoms with Gasteiger partial charge in [-0.1, -0.05) is 70.0 Å². The summed E-state index contributed by atoms with van der Waals surface area (Å²) in [5.74, 6) is -1.38. The molecular weight excluding hydrogens is 459 g/mol. The molecule has 1 unspecified atom stereocenters. The van der Waals surface area contributed by atoms with E-state index in [1.807, 2.05) is 30.3 Å². The maximum absolute atomic E-state index is 14.0. The quantitative estimate of drug-likeness (QED) is 0.477. The Morgan fingerprint density at radius 1 is 1.00 bits per heavy atom. The first kappa shape index (κ1) is 21.0. The molecule has 2 N–H and O–H groups in total. The van der Waals surface area contributed by atoms with E-state index in [0.717, 1.165) is 5.56 Å². The van der Waals surface area contributed by atoms with Crippen molar-refractivity contribution in [1.82, 2.24) is 5.32 Å². The molecule has 0 bridgehead atoms. The summed E-state index contributed by atoms with van der Waals surface area (Å²) in [5, 5.41) is 5.71. The third-order valence-corrected chi connectivity index (χ3v) is 5.04. The number of rotatable bonds is 6. The minimum absolute atomic E-state index is 0.0717. The number of amides is 2. The van der Waals surface area contributed by atoms with Crippen molar-refractivity contribution in [3.8, 4) is 0 Å². The molecule has 0 radical (unpaired) electrons. The van der Waals surface area contributed by atoms with Crippen LogP contribution in [-0.4, -0.2) is 11.8 Å². The maximum atomic E-state index is 14.0. The third kappa shape index (κ3) is 5.65. The summed E-state index contributed by atoms with van der Waals surface area (Å²) in [4.78, 5) is 25.2. The molecular formula is C22H17BrClFN2O2. The molecule has 4 nitrogen and oxygen atoms in total. The zero-order chi connectivity index (χ0) is 20.8. The van der Waals surface area contributed by atoms with Crippen LogP contribution in [0.2, 0.25) is 5.02 Å². The molecule has 0 saturated heterocycles. The Bertz CT molecular complexity index is 1030. The topological polar surface area (TPSA) is 58.2 Å². The van der Waals surface area contributed by atoms with Crippen molar-refractivity contribution in [3.63, 3.8) is 0 Å². The Balaban J connectivity index is 1.78. The molecule has 29 heavy (non-hydrogen) atoms. The number of carbonyl (C=O) groups is 2. The van der Waals surface area contributed by atoms with Crippen molar-refractivity contribution in [2.75, 3.05) is 5.32 Å². The summed E-state index contributed by atoms with van der Waals surface area (Å²) in [6, 6.07) is 19.5. The second kappa shape index (κ2) is 9.67. The van der Waals surface area contributed by atoms with Gasteiger partial charge in [-0.25, -0.2) is 4.39 Å². The summed E-state index contributed by atoms with van der Waals surface area (Å²) >= 11 is 9.28. The number of nitrogens with one attached hydrogen (secondary N) is 2. The first-order chi connectivity index (χ1) is 13.9. The molecule has 0 spiro atoms. The van der Waals surface area contributed by atoms with Crippen LogP contribution in [0.5, 0.6) is 0 Å². The van der Waals surface area contributed by atoms with Gasteiger partial charge in [0, 0.05) is 4.47 Å². The number of halogens is 3. The molecule has 3 aromatic carbocycles. The highest BCUT2D eigenvalue weighted by Gasteiger charge is 2.21. The van der Waals surface area contributed by atoms with E-state index in [-0.39, 0.29) is 12.1 Å². The van der Waals surface area contributed by atoms with Gasteiger partial charge in [0.2, 0.25) is 5.91 Å². The fourth-order valence-electron chi connectivity index (χ4n) is 2.80. The van der Waals surface area contributed by atoms with Crippen LogP contribution in [-0.2, 0) is 4.79 Å². The van der Waals surface area contributed by atoms with Crippen molar-refractivity contribution >= 4 is 45.0 Å². The average molecular weight is 476 g/mol. The molecule has 0 aliphatic carbocycles. The van der Waals surface area contributed by atoms with Gasteiger partial charge < -0.3 is 10.6 Å². The van der Waals surface area contributed by atoms with E-state index in [1.165, 1.54) is 12.1 Å². The fraction of sp³-hybridized carbons (Fsp3) is 0.0909. The van der Waals surface area contributed by atoms with Crippen LogP contribution in [0.4, 0.5) is 10.1 Å². The Labute approximate surface area is 181 Å². The first-order valence-corrected chi connectivity index (χ1v) is 9.96.